The normalized spacial score (nSPS) is 13.5. The minimum atomic E-state index is -3.53. The Labute approximate surface area is 131 Å². The van der Waals surface area contributed by atoms with Crippen LogP contribution in [0.3, 0.4) is 0 Å². The number of nitrogens with zero attached hydrogens (tertiary/aromatic N) is 3. The van der Waals surface area contributed by atoms with E-state index in [4.69, 9.17) is 4.52 Å². The van der Waals surface area contributed by atoms with Crippen LogP contribution in [0.4, 0.5) is 0 Å². The first kappa shape index (κ1) is 16.6. The lowest BCUT2D eigenvalue weighted by molar-refractivity contribution is 0.383. The van der Waals surface area contributed by atoms with E-state index in [1.54, 1.807) is 14.0 Å². The fraction of sp³-hybridized carbons (Fsp3) is 0.467. The second-order valence-corrected chi connectivity index (χ2v) is 7.57. The minimum Gasteiger partial charge on any atom is -0.340 e. The first-order valence-electron chi connectivity index (χ1n) is 7.03. The highest BCUT2D eigenvalue weighted by Crippen LogP contribution is 2.26. The van der Waals surface area contributed by atoms with Crippen molar-refractivity contribution in [2.24, 2.45) is 0 Å². The van der Waals surface area contributed by atoms with Crippen LogP contribution in [0.1, 0.15) is 41.4 Å². The van der Waals surface area contributed by atoms with E-state index in [9.17, 15) is 8.42 Å². The van der Waals surface area contributed by atoms with Gasteiger partial charge in [0.15, 0.2) is 5.82 Å². The molecule has 0 saturated carbocycles. The van der Waals surface area contributed by atoms with Crippen LogP contribution >= 0.6 is 0 Å². The number of hydrogen-bond acceptors (Lipinski definition) is 5. The minimum absolute atomic E-state index is 0.178. The summed E-state index contributed by atoms with van der Waals surface area (Å²) < 4.78 is 31.2. The first-order valence-corrected chi connectivity index (χ1v) is 8.63. The molecule has 0 saturated heterocycles. The van der Waals surface area contributed by atoms with Crippen molar-refractivity contribution in [3.05, 3.63) is 46.6 Å². The molecule has 0 radical (unpaired) electrons. The third-order valence-electron chi connectivity index (χ3n) is 3.74. The van der Waals surface area contributed by atoms with Gasteiger partial charge in [-0.1, -0.05) is 28.9 Å². The van der Waals surface area contributed by atoms with Gasteiger partial charge < -0.3 is 4.52 Å². The molecule has 2 aromatic rings. The Balaban J connectivity index is 2.23. The van der Waals surface area contributed by atoms with E-state index in [0.29, 0.717) is 5.89 Å². The van der Waals surface area contributed by atoms with Crippen LogP contribution in [-0.2, 0) is 15.8 Å². The van der Waals surface area contributed by atoms with Gasteiger partial charge in [0.1, 0.15) is 5.75 Å². The zero-order chi connectivity index (χ0) is 16.5. The molecular formula is C15H21N3O3S. The predicted octanol–water partition coefficient (Wildman–Crippen LogP) is 2.52. The molecule has 0 fully saturated rings. The molecule has 120 valence electrons. The summed E-state index contributed by atoms with van der Waals surface area (Å²) in [5, 5.41) is 3.65. The molecular weight excluding hydrogens is 302 g/mol. The smallest absolute Gasteiger partial charge is 0.223 e. The molecule has 22 heavy (non-hydrogen) atoms. The average Bonchev–Trinajstić information content (AvgIpc) is 2.81. The van der Waals surface area contributed by atoms with Crippen molar-refractivity contribution in [2.75, 3.05) is 7.05 Å². The monoisotopic (exact) mass is 323 g/mol. The Morgan fingerprint density at radius 2 is 1.95 bits per heavy atom. The maximum absolute atomic E-state index is 12.5. The van der Waals surface area contributed by atoms with Crippen molar-refractivity contribution in [1.82, 2.24) is 14.4 Å². The van der Waals surface area contributed by atoms with Crippen molar-refractivity contribution in [1.29, 1.82) is 0 Å². The molecule has 1 atom stereocenters. The highest BCUT2D eigenvalue weighted by atomic mass is 32.2. The molecule has 0 bridgehead atoms. The van der Waals surface area contributed by atoms with E-state index in [1.807, 2.05) is 32.9 Å². The van der Waals surface area contributed by atoms with Crippen molar-refractivity contribution in [3.8, 4) is 0 Å². The Morgan fingerprint density at radius 3 is 2.50 bits per heavy atom. The lowest BCUT2D eigenvalue weighted by Gasteiger charge is -2.25. The van der Waals surface area contributed by atoms with Gasteiger partial charge in [0, 0.05) is 20.0 Å². The van der Waals surface area contributed by atoms with Crippen LogP contribution in [0, 0.1) is 20.8 Å². The van der Waals surface area contributed by atoms with Gasteiger partial charge in [0.25, 0.3) is 0 Å². The number of sulfonamides is 1. The summed E-state index contributed by atoms with van der Waals surface area (Å²) >= 11 is 0. The summed E-state index contributed by atoms with van der Waals surface area (Å²) in [6, 6.07) is 5.75. The number of aromatic nitrogens is 2. The van der Waals surface area contributed by atoms with Crippen LogP contribution in [0.2, 0.25) is 0 Å². The molecule has 1 heterocycles. The fourth-order valence-corrected chi connectivity index (χ4v) is 3.64. The van der Waals surface area contributed by atoms with E-state index in [2.05, 4.69) is 16.2 Å². The SMILES string of the molecule is Cc1ccc(C(C)N(C)S(=O)(=O)Cc2noc(C)n2)c(C)c1. The first-order chi connectivity index (χ1) is 10.2. The van der Waals surface area contributed by atoms with Gasteiger partial charge in [-0.15, -0.1) is 0 Å². The van der Waals surface area contributed by atoms with E-state index in [0.717, 1.165) is 16.7 Å². The van der Waals surface area contributed by atoms with Crippen LogP contribution < -0.4 is 0 Å². The summed E-state index contributed by atoms with van der Waals surface area (Å²) in [6.45, 7) is 7.50. The summed E-state index contributed by atoms with van der Waals surface area (Å²) in [4.78, 5) is 3.96. The zero-order valence-electron chi connectivity index (χ0n) is 13.5. The second-order valence-electron chi connectivity index (χ2n) is 5.54. The third-order valence-corrected chi connectivity index (χ3v) is 5.56. The van der Waals surface area contributed by atoms with Gasteiger partial charge in [0.05, 0.1) is 0 Å². The zero-order valence-corrected chi connectivity index (χ0v) is 14.3. The van der Waals surface area contributed by atoms with Crippen LogP contribution in [0.25, 0.3) is 0 Å². The van der Waals surface area contributed by atoms with E-state index >= 15 is 0 Å². The Hall–Kier alpha value is -1.73. The third kappa shape index (κ3) is 3.53. The molecule has 0 aliphatic carbocycles. The molecule has 1 aromatic heterocycles. The maximum Gasteiger partial charge on any atom is 0.223 e. The van der Waals surface area contributed by atoms with Crippen LogP contribution in [0.5, 0.6) is 0 Å². The van der Waals surface area contributed by atoms with Crippen molar-refractivity contribution >= 4 is 10.0 Å². The van der Waals surface area contributed by atoms with E-state index in [-0.39, 0.29) is 17.6 Å². The quantitative estimate of drug-likeness (QED) is 0.845. The Kier molecular flexibility index (Phi) is 4.67. The lowest BCUT2D eigenvalue weighted by Crippen LogP contribution is -2.31. The van der Waals surface area contributed by atoms with Crippen molar-refractivity contribution in [2.45, 2.75) is 39.5 Å². The topological polar surface area (TPSA) is 76.3 Å². The standard InChI is InChI=1S/C15H21N3O3S/c1-10-6-7-14(11(2)8-10)12(3)18(5)22(19,20)9-15-16-13(4)21-17-15/h6-8,12H,9H2,1-5H3. The van der Waals surface area contributed by atoms with E-state index in [1.165, 1.54) is 4.31 Å². The molecule has 0 N–H and O–H groups in total. The Bertz CT molecular complexity index is 768. The van der Waals surface area contributed by atoms with Gasteiger partial charge in [-0.2, -0.15) is 9.29 Å². The molecule has 0 spiro atoms. The number of hydrogen-bond donors (Lipinski definition) is 0. The molecule has 2 rings (SSSR count). The van der Waals surface area contributed by atoms with Crippen molar-refractivity contribution in [3.63, 3.8) is 0 Å². The highest BCUT2D eigenvalue weighted by molar-refractivity contribution is 7.88. The Morgan fingerprint density at radius 1 is 1.27 bits per heavy atom. The molecule has 1 aromatic carbocycles. The van der Waals surface area contributed by atoms with Crippen LogP contribution in [0.15, 0.2) is 22.7 Å². The van der Waals surface area contributed by atoms with Crippen molar-refractivity contribution < 1.29 is 12.9 Å². The van der Waals surface area contributed by atoms with Gasteiger partial charge in [-0.25, -0.2) is 8.42 Å². The lowest BCUT2D eigenvalue weighted by atomic mass is 10.0. The summed E-state index contributed by atoms with van der Waals surface area (Å²) in [5.74, 6) is 0.267. The number of benzene rings is 1. The van der Waals surface area contributed by atoms with Gasteiger partial charge >= 0.3 is 0 Å². The summed E-state index contributed by atoms with van der Waals surface area (Å²) in [5.41, 5.74) is 3.21. The predicted molar refractivity (Wildman–Crippen MR) is 83.8 cm³/mol. The van der Waals surface area contributed by atoms with Gasteiger partial charge in [-0.3, -0.25) is 0 Å². The molecule has 1 unspecified atom stereocenters. The summed E-state index contributed by atoms with van der Waals surface area (Å²) in [7, 11) is -1.95. The highest BCUT2D eigenvalue weighted by Gasteiger charge is 2.27. The largest absolute Gasteiger partial charge is 0.340 e. The van der Waals surface area contributed by atoms with Gasteiger partial charge in [0.2, 0.25) is 15.9 Å². The molecule has 7 heteroatoms. The van der Waals surface area contributed by atoms with Crippen LogP contribution in [-0.4, -0.2) is 29.9 Å². The molecule has 0 aliphatic heterocycles. The molecule has 6 nitrogen and oxygen atoms in total. The number of aryl methyl sites for hydroxylation is 3. The average molecular weight is 323 g/mol. The molecule has 0 aliphatic rings. The van der Waals surface area contributed by atoms with Gasteiger partial charge in [-0.05, 0) is 31.9 Å². The molecule has 0 amide bonds. The summed E-state index contributed by atoms with van der Waals surface area (Å²) in [6.07, 6.45) is 0. The maximum atomic E-state index is 12.5. The van der Waals surface area contributed by atoms with E-state index < -0.39 is 10.0 Å². The number of rotatable bonds is 5. The second kappa shape index (κ2) is 6.18. The fourth-order valence-electron chi connectivity index (χ4n) is 2.40.